The third-order valence-corrected chi connectivity index (χ3v) is 2.86. The van der Waals surface area contributed by atoms with Gasteiger partial charge < -0.3 is 19.8 Å². The number of rotatable bonds is 0. The summed E-state index contributed by atoms with van der Waals surface area (Å²) < 4.78 is 0. The molecule has 0 aromatic carbocycles. The predicted molar refractivity (Wildman–Crippen MR) is 58.0 cm³/mol. The molecule has 15 heavy (non-hydrogen) atoms. The smallest absolute Gasteiger partial charge is 0.273 e. The lowest BCUT2D eigenvalue weighted by Crippen LogP contribution is -2.42. The number of amides is 1. The Morgan fingerprint density at radius 2 is 2.13 bits per heavy atom. The molecule has 2 aromatic heterocycles. The van der Waals surface area contributed by atoms with Gasteiger partial charge >= 0.3 is 0 Å². The van der Waals surface area contributed by atoms with E-state index < -0.39 is 0 Å². The van der Waals surface area contributed by atoms with Gasteiger partial charge in [0.1, 0.15) is 11.3 Å². The molecule has 0 aliphatic carbocycles. The van der Waals surface area contributed by atoms with Crippen LogP contribution in [0, 0.1) is 0 Å². The monoisotopic (exact) mass is 204 g/mol. The van der Waals surface area contributed by atoms with Crippen LogP contribution in [0.3, 0.4) is 0 Å². The van der Waals surface area contributed by atoms with Gasteiger partial charge in [-0.3, -0.25) is 4.79 Å². The molecule has 0 fully saturated rings. The predicted octanol–water partition coefficient (Wildman–Crippen LogP) is 0.975. The molecule has 2 N–H and O–H groups in total. The van der Waals surface area contributed by atoms with Gasteiger partial charge in [0, 0.05) is 25.7 Å². The Labute approximate surface area is 86.7 Å². The van der Waals surface area contributed by atoms with Gasteiger partial charge in [0.25, 0.3) is 5.91 Å². The molecule has 0 saturated heterocycles. The highest BCUT2D eigenvalue weighted by molar-refractivity contribution is 6.09. The van der Waals surface area contributed by atoms with Gasteiger partial charge in [0.05, 0.1) is 12.4 Å². The molecule has 1 aliphatic heterocycles. The van der Waals surface area contributed by atoms with Crippen molar-refractivity contribution in [2.45, 2.75) is 0 Å². The van der Waals surface area contributed by atoms with Crippen LogP contribution in [0.15, 0.2) is 12.3 Å². The average molecular weight is 204 g/mol. The van der Waals surface area contributed by atoms with Gasteiger partial charge in [-0.2, -0.15) is 0 Å². The Morgan fingerprint density at radius 3 is 2.93 bits per heavy atom. The van der Waals surface area contributed by atoms with Crippen molar-refractivity contribution in [3.8, 4) is 0 Å². The molecule has 5 heteroatoms. The van der Waals surface area contributed by atoms with E-state index in [1.165, 1.54) is 0 Å². The summed E-state index contributed by atoms with van der Waals surface area (Å²) in [5, 5.41) is 1.08. The third kappa shape index (κ3) is 0.945. The summed E-state index contributed by atoms with van der Waals surface area (Å²) in [6, 6.07) is 1.99. The molecule has 3 rings (SSSR count). The Morgan fingerprint density at radius 1 is 1.33 bits per heavy atom. The molecule has 3 heterocycles. The first-order valence-electron chi connectivity index (χ1n) is 4.84. The molecule has 2 aromatic rings. The summed E-state index contributed by atoms with van der Waals surface area (Å²) in [6.45, 7) is 0.629. The van der Waals surface area contributed by atoms with E-state index in [-0.39, 0.29) is 5.91 Å². The zero-order valence-electron chi connectivity index (χ0n) is 8.66. The molecular formula is C10H12N4O. The second kappa shape index (κ2) is 2.56. The van der Waals surface area contributed by atoms with Gasteiger partial charge in [0.15, 0.2) is 0 Å². The van der Waals surface area contributed by atoms with E-state index in [4.69, 9.17) is 0 Å². The number of nitrogens with one attached hydrogen (secondary N) is 2. The van der Waals surface area contributed by atoms with Crippen molar-refractivity contribution >= 4 is 22.6 Å². The second-order valence-corrected chi connectivity index (χ2v) is 3.96. The third-order valence-electron chi connectivity index (χ3n) is 2.86. The van der Waals surface area contributed by atoms with Gasteiger partial charge in [-0.25, -0.2) is 0 Å². The van der Waals surface area contributed by atoms with Gasteiger partial charge in [-0.1, -0.05) is 0 Å². The fraction of sp³-hybridized carbons (Fsp3) is 0.300. The van der Waals surface area contributed by atoms with Crippen LogP contribution in [-0.4, -0.2) is 41.5 Å². The number of anilines is 1. The Kier molecular flexibility index (Phi) is 1.44. The van der Waals surface area contributed by atoms with Crippen LogP contribution in [0.2, 0.25) is 0 Å². The van der Waals surface area contributed by atoms with Crippen LogP contribution in [0.4, 0.5) is 5.69 Å². The van der Waals surface area contributed by atoms with E-state index in [1.54, 1.807) is 11.9 Å². The first-order valence-corrected chi connectivity index (χ1v) is 4.84. The van der Waals surface area contributed by atoms with Gasteiger partial charge in [-0.15, -0.1) is 0 Å². The zero-order chi connectivity index (χ0) is 10.6. The van der Waals surface area contributed by atoms with Gasteiger partial charge in [-0.05, 0) is 6.07 Å². The van der Waals surface area contributed by atoms with Crippen molar-refractivity contribution < 1.29 is 4.79 Å². The van der Waals surface area contributed by atoms with Crippen LogP contribution in [0.5, 0.6) is 0 Å². The van der Waals surface area contributed by atoms with Crippen molar-refractivity contribution in [1.29, 1.82) is 0 Å². The number of carbonyl (C=O) groups excluding carboxylic acids is 1. The highest BCUT2D eigenvalue weighted by Crippen LogP contribution is 2.33. The minimum Gasteiger partial charge on any atom is -0.354 e. The maximum Gasteiger partial charge on any atom is 0.273 e. The number of H-pyrrole nitrogens is 2. The average Bonchev–Trinajstić information content (AvgIpc) is 2.72. The van der Waals surface area contributed by atoms with Crippen molar-refractivity contribution in [3.63, 3.8) is 0 Å². The van der Waals surface area contributed by atoms with Crippen molar-refractivity contribution in [3.05, 3.63) is 18.0 Å². The number of aromatic amines is 2. The molecular weight excluding hydrogens is 192 g/mol. The Hall–Kier alpha value is -1.91. The summed E-state index contributed by atoms with van der Waals surface area (Å²) >= 11 is 0. The normalized spacial score (nSPS) is 16.3. The molecule has 0 radical (unpaired) electrons. The lowest BCUT2D eigenvalue weighted by atomic mass is 10.2. The fourth-order valence-electron chi connectivity index (χ4n) is 2.18. The number of aromatic nitrogens is 2. The van der Waals surface area contributed by atoms with Crippen LogP contribution in [-0.2, 0) is 0 Å². The van der Waals surface area contributed by atoms with E-state index in [2.05, 4.69) is 14.9 Å². The zero-order valence-corrected chi connectivity index (χ0v) is 8.66. The number of carbonyl (C=O) groups is 1. The summed E-state index contributed by atoms with van der Waals surface area (Å²) in [5.74, 6) is 0.0488. The SMILES string of the molecule is CN1CN(C)c2c([nH]c3[nH]ccc23)C1=O. The molecule has 0 spiro atoms. The minimum atomic E-state index is 0.0488. The number of hydrogen-bond donors (Lipinski definition) is 2. The van der Waals surface area contributed by atoms with Gasteiger partial charge in [0.2, 0.25) is 0 Å². The van der Waals surface area contributed by atoms with Crippen molar-refractivity contribution in [1.82, 2.24) is 14.9 Å². The molecule has 0 unspecified atom stereocenters. The second-order valence-electron chi connectivity index (χ2n) is 3.96. The first-order chi connectivity index (χ1) is 7.18. The topological polar surface area (TPSA) is 55.1 Å². The molecule has 0 bridgehead atoms. The Bertz CT molecular complexity index is 539. The van der Waals surface area contributed by atoms with E-state index in [1.807, 2.05) is 19.3 Å². The number of fused-ring (bicyclic) bond motifs is 3. The van der Waals surface area contributed by atoms with Crippen LogP contribution < -0.4 is 4.90 Å². The van der Waals surface area contributed by atoms with E-state index >= 15 is 0 Å². The summed E-state index contributed by atoms with van der Waals surface area (Å²) in [6.07, 6.45) is 1.87. The van der Waals surface area contributed by atoms with E-state index in [0.29, 0.717) is 12.4 Å². The molecule has 0 atom stereocenters. The van der Waals surface area contributed by atoms with Crippen molar-refractivity contribution in [2.24, 2.45) is 0 Å². The van der Waals surface area contributed by atoms with Crippen molar-refractivity contribution in [2.75, 3.05) is 25.7 Å². The lowest BCUT2D eigenvalue weighted by molar-refractivity contribution is 0.0780. The summed E-state index contributed by atoms with van der Waals surface area (Å²) in [5.41, 5.74) is 2.58. The fourth-order valence-corrected chi connectivity index (χ4v) is 2.18. The summed E-state index contributed by atoms with van der Waals surface area (Å²) in [4.78, 5) is 21.8. The standard InChI is InChI=1S/C10H12N4O/c1-13-5-14(2)10(15)7-8(13)6-3-4-11-9(6)12-7/h3-4,11-12H,5H2,1-2H3. The lowest BCUT2D eigenvalue weighted by Gasteiger charge is -2.31. The quantitative estimate of drug-likeness (QED) is 0.672. The molecule has 5 nitrogen and oxygen atoms in total. The highest BCUT2D eigenvalue weighted by Gasteiger charge is 2.29. The van der Waals surface area contributed by atoms with Crippen LogP contribution in [0.25, 0.3) is 11.0 Å². The maximum atomic E-state index is 11.9. The maximum absolute atomic E-state index is 11.9. The molecule has 78 valence electrons. The molecule has 0 saturated carbocycles. The largest absolute Gasteiger partial charge is 0.354 e. The first kappa shape index (κ1) is 8.40. The highest BCUT2D eigenvalue weighted by atomic mass is 16.2. The number of hydrogen-bond acceptors (Lipinski definition) is 2. The Balaban J connectivity index is 2.32. The number of nitrogens with zero attached hydrogens (tertiary/aromatic N) is 2. The molecule has 1 aliphatic rings. The van der Waals surface area contributed by atoms with E-state index in [9.17, 15) is 4.79 Å². The van der Waals surface area contributed by atoms with Crippen LogP contribution >= 0.6 is 0 Å². The minimum absolute atomic E-state index is 0.0488. The van der Waals surface area contributed by atoms with E-state index in [0.717, 1.165) is 16.7 Å². The molecule has 1 amide bonds. The summed E-state index contributed by atoms with van der Waals surface area (Å²) in [7, 11) is 3.79. The van der Waals surface area contributed by atoms with Crippen LogP contribution in [0.1, 0.15) is 10.5 Å².